The number of carbonyl (C=O) groups is 1. The molecule has 2 heterocycles. The Morgan fingerprint density at radius 3 is 2.57 bits per heavy atom. The molecule has 1 amide bonds. The number of rotatable bonds is 5. The third-order valence-electron chi connectivity index (χ3n) is 4.55. The number of amides is 1. The van der Waals surface area contributed by atoms with E-state index in [2.05, 4.69) is 53.6 Å². The van der Waals surface area contributed by atoms with Crippen LogP contribution in [0, 0.1) is 6.92 Å². The summed E-state index contributed by atoms with van der Waals surface area (Å²) in [7, 11) is 0. The molecule has 3 rings (SSSR count). The third-order valence-corrected chi connectivity index (χ3v) is 5.48. The molecule has 1 saturated heterocycles. The molecular weight excluding hydrogens is 304 g/mol. The predicted molar refractivity (Wildman–Crippen MR) is 95.7 cm³/mol. The van der Waals surface area contributed by atoms with Crippen LogP contribution in [-0.4, -0.2) is 41.9 Å². The molecule has 0 radical (unpaired) electrons. The molecule has 23 heavy (non-hydrogen) atoms. The molecule has 3 nitrogen and oxygen atoms in total. The van der Waals surface area contributed by atoms with Crippen LogP contribution in [0.25, 0.3) is 0 Å². The maximum Gasteiger partial charge on any atom is 0.223 e. The summed E-state index contributed by atoms with van der Waals surface area (Å²) in [4.78, 5) is 18.1. The van der Waals surface area contributed by atoms with Crippen molar-refractivity contribution in [2.45, 2.75) is 26.3 Å². The Bertz CT molecular complexity index is 631. The lowest BCUT2D eigenvalue weighted by Crippen LogP contribution is -2.48. The summed E-state index contributed by atoms with van der Waals surface area (Å²) in [5.74, 6) is 0.300. The largest absolute Gasteiger partial charge is 0.340 e. The summed E-state index contributed by atoms with van der Waals surface area (Å²) in [6.07, 6.45) is 1.51. The molecule has 0 atom stereocenters. The zero-order valence-corrected chi connectivity index (χ0v) is 14.5. The maximum atomic E-state index is 12.3. The molecule has 1 aromatic carbocycles. The van der Waals surface area contributed by atoms with Gasteiger partial charge in [-0.2, -0.15) is 0 Å². The Kier molecular flexibility index (Phi) is 5.47. The van der Waals surface area contributed by atoms with Gasteiger partial charge in [0.25, 0.3) is 0 Å². The Labute approximate surface area is 142 Å². The first kappa shape index (κ1) is 16.2. The minimum Gasteiger partial charge on any atom is -0.340 e. The summed E-state index contributed by atoms with van der Waals surface area (Å²) in [6, 6.07) is 12.7. The molecule has 0 spiro atoms. The highest BCUT2D eigenvalue weighted by Gasteiger charge is 2.21. The fourth-order valence-corrected chi connectivity index (χ4v) is 3.74. The van der Waals surface area contributed by atoms with Crippen LogP contribution in [-0.2, 0) is 17.8 Å². The summed E-state index contributed by atoms with van der Waals surface area (Å²) in [5.41, 5.74) is 2.74. The number of aryl methyl sites for hydroxylation is 2. The van der Waals surface area contributed by atoms with Gasteiger partial charge in [-0.1, -0.05) is 30.3 Å². The quantitative estimate of drug-likeness (QED) is 0.840. The first-order chi connectivity index (χ1) is 11.2. The van der Waals surface area contributed by atoms with E-state index in [9.17, 15) is 4.79 Å². The van der Waals surface area contributed by atoms with Gasteiger partial charge in [-0.05, 0) is 35.9 Å². The summed E-state index contributed by atoms with van der Waals surface area (Å²) >= 11 is 1.74. The molecule has 4 heteroatoms. The lowest BCUT2D eigenvalue weighted by Gasteiger charge is -2.35. The van der Waals surface area contributed by atoms with E-state index in [0.717, 1.165) is 39.1 Å². The van der Waals surface area contributed by atoms with Crippen LogP contribution >= 0.6 is 11.3 Å². The first-order valence-corrected chi connectivity index (χ1v) is 9.17. The van der Waals surface area contributed by atoms with E-state index in [4.69, 9.17) is 0 Å². The van der Waals surface area contributed by atoms with Crippen LogP contribution in [0.3, 0.4) is 0 Å². The normalized spacial score (nSPS) is 15.8. The van der Waals surface area contributed by atoms with Crippen molar-refractivity contribution in [2.24, 2.45) is 0 Å². The Morgan fingerprint density at radius 2 is 1.87 bits per heavy atom. The van der Waals surface area contributed by atoms with Crippen molar-refractivity contribution < 1.29 is 4.79 Å². The van der Waals surface area contributed by atoms with Gasteiger partial charge in [0.05, 0.1) is 0 Å². The summed E-state index contributed by atoms with van der Waals surface area (Å²) < 4.78 is 0. The fourth-order valence-electron chi connectivity index (χ4n) is 3.03. The second-order valence-electron chi connectivity index (χ2n) is 6.16. The average Bonchev–Trinajstić information content (AvgIpc) is 3.09. The van der Waals surface area contributed by atoms with Crippen LogP contribution in [0.15, 0.2) is 41.8 Å². The number of hydrogen-bond donors (Lipinski definition) is 0. The summed E-state index contributed by atoms with van der Waals surface area (Å²) in [5, 5.41) is 2.07. The Morgan fingerprint density at radius 1 is 1.09 bits per heavy atom. The highest BCUT2D eigenvalue weighted by molar-refractivity contribution is 7.09. The number of carbonyl (C=O) groups excluding carboxylic acids is 1. The second kappa shape index (κ2) is 7.75. The molecule has 1 aliphatic rings. The van der Waals surface area contributed by atoms with Gasteiger partial charge in [0, 0.05) is 44.0 Å². The van der Waals surface area contributed by atoms with Crippen molar-refractivity contribution in [1.29, 1.82) is 0 Å². The van der Waals surface area contributed by atoms with E-state index in [1.165, 1.54) is 16.0 Å². The standard InChI is InChI=1S/C19H24N2OS/c1-16-5-2-3-6-17(16)15-20-10-12-21(13-11-20)19(22)9-8-18-7-4-14-23-18/h2-7,14H,8-13,15H2,1H3. The predicted octanol–water partition coefficient (Wildman–Crippen LogP) is 3.33. The molecule has 1 fully saturated rings. The van der Waals surface area contributed by atoms with Gasteiger partial charge >= 0.3 is 0 Å². The molecule has 0 saturated carbocycles. The van der Waals surface area contributed by atoms with E-state index in [0.29, 0.717) is 12.3 Å². The minimum absolute atomic E-state index is 0.300. The highest BCUT2D eigenvalue weighted by atomic mass is 32.1. The van der Waals surface area contributed by atoms with Gasteiger partial charge in [0.15, 0.2) is 0 Å². The Balaban J connectivity index is 1.44. The average molecular weight is 328 g/mol. The molecule has 0 aliphatic carbocycles. The van der Waals surface area contributed by atoms with Gasteiger partial charge < -0.3 is 4.90 Å². The minimum atomic E-state index is 0.300. The van der Waals surface area contributed by atoms with Crippen LogP contribution < -0.4 is 0 Å². The Hall–Kier alpha value is -1.65. The molecule has 1 aliphatic heterocycles. The van der Waals surface area contributed by atoms with Crippen molar-refractivity contribution >= 4 is 17.2 Å². The van der Waals surface area contributed by atoms with Crippen LogP contribution in [0.5, 0.6) is 0 Å². The number of hydrogen-bond acceptors (Lipinski definition) is 3. The second-order valence-corrected chi connectivity index (χ2v) is 7.20. The number of thiophene rings is 1. The third kappa shape index (κ3) is 4.43. The van der Waals surface area contributed by atoms with Crippen molar-refractivity contribution in [2.75, 3.05) is 26.2 Å². The number of nitrogens with zero attached hydrogens (tertiary/aromatic N) is 2. The molecule has 0 unspecified atom stereocenters. The fraction of sp³-hybridized carbons (Fsp3) is 0.421. The van der Waals surface area contributed by atoms with Crippen molar-refractivity contribution in [3.05, 3.63) is 57.8 Å². The zero-order chi connectivity index (χ0) is 16.1. The monoisotopic (exact) mass is 328 g/mol. The van der Waals surface area contributed by atoms with Gasteiger partial charge in [-0.15, -0.1) is 11.3 Å². The van der Waals surface area contributed by atoms with E-state index in [1.807, 2.05) is 4.90 Å². The van der Waals surface area contributed by atoms with Crippen molar-refractivity contribution in [1.82, 2.24) is 9.80 Å². The number of benzene rings is 1. The maximum absolute atomic E-state index is 12.3. The topological polar surface area (TPSA) is 23.6 Å². The molecule has 0 N–H and O–H groups in total. The lowest BCUT2D eigenvalue weighted by molar-refractivity contribution is -0.132. The van der Waals surface area contributed by atoms with E-state index in [-0.39, 0.29) is 0 Å². The van der Waals surface area contributed by atoms with Crippen LogP contribution in [0.4, 0.5) is 0 Å². The molecular formula is C19H24N2OS. The van der Waals surface area contributed by atoms with Crippen LogP contribution in [0.1, 0.15) is 22.4 Å². The van der Waals surface area contributed by atoms with Gasteiger partial charge in [0.1, 0.15) is 0 Å². The van der Waals surface area contributed by atoms with Crippen LogP contribution in [0.2, 0.25) is 0 Å². The van der Waals surface area contributed by atoms with E-state index >= 15 is 0 Å². The van der Waals surface area contributed by atoms with Crippen molar-refractivity contribution in [3.63, 3.8) is 0 Å². The zero-order valence-electron chi connectivity index (χ0n) is 13.7. The van der Waals surface area contributed by atoms with Gasteiger partial charge in [0.2, 0.25) is 5.91 Å². The number of piperazine rings is 1. The van der Waals surface area contributed by atoms with Gasteiger partial charge in [-0.25, -0.2) is 0 Å². The molecule has 122 valence electrons. The molecule has 0 bridgehead atoms. The van der Waals surface area contributed by atoms with Gasteiger partial charge in [-0.3, -0.25) is 9.69 Å². The van der Waals surface area contributed by atoms with E-state index in [1.54, 1.807) is 11.3 Å². The SMILES string of the molecule is Cc1ccccc1CN1CCN(C(=O)CCc2cccs2)CC1. The molecule has 1 aromatic heterocycles. The van der Waals surface area contributed by atoms with Crippen molar-refractivity contribution in [3.8, 4) is 0 Å². The molecule has 2 aromatic rings. The first-order valence-electron chi connectivity index (χ1n) is 8.29. The summed E-state index contributed by atoms with van der Waals surface area (Å²) in [6.45, 7) is 6.81. The smallest absolute Gasteiger partial charge is 0.223 e. The lowest BCUT2D eigenvalue weighted by atomic mass is 10.1. The van der Waals surface area contributed by atoms with E-state index < -0.39 is 0 Å². The highest BCUT2D eigenvalue weighted by Crippen LogP contribution is 2.15.